The lowest BCUT2D eigenvalue weighted by atomic mass is 10.2. The number of hydrogen-bond acceptors (Lipinski definition) is 4. The van der Waals surface area contributed by atoms with Crippen molar-refractivity contribution >= 4 is 17.5 Å². The molecule has 0 aliphatic rings. The standard InChI is InChI=1S/C20H20N4O/c1-2-24(15-16-9-5-3-6-10-16)19(25)18-13-14-21-20(23-18)22-17-11-7-4-8-12-17/h3-14H,2,15H2,1H3,(H,21,22,23). The first-order valence-electron chi connectivity index (χ1n) is 8.24. The van der Waals surface area contributed by atoms with Crippen molar-refractivity contribution in [3.8, 4) is 0 Å². The number of aromatic nitrogens is 2. The number of para-hydroxylation sites is 1. The molecule has 1 aromatic heterocycles. The van der Waals surface area contributed by atoms with Crippen molar-refractivity contribution in [2.24, 2.45) is 0 Å². The Balaban J connectivity index is 1.75. The molecule has 25 heavy (non-hydrogen) atoms. The number of nitrogens with zero attached hydrogens (tertiary/aromatic N) is 3. The molecule has 5 nitrogen and oxygen atoms in total. The number of anilines is 2. The van der Waals surface area contributed by atoms with E-state index in [9.17, 15) is 4.79 Å². The summed E-state index contributed by atoms with van der Waals surface area (Å²) in [5, 5.41) is 3.11. The molecule has 3 rings (SSSR count). The van der Waals surface area contributed by atoms with Crippen LogP contribution in [0.5, 0.6) is 0 Å². The minimum atomic E-state index is -0.107. The molecule has 0 bridgehead atoms. The highest BCUT2D eigenvalue weighted by molar-refractivity contribution is 5.92. The molecule has 126 valence electrons. The zero-order valence-electron chi connectivity index (χ0n) is 14.1. The van der Waals surface area contributed by atoms with Gasteiger partial charge in [-0.3, -0.25) is 4.79 Å². The van der Waals surface area contributed by atoms with Crippen molar-refractivity contribution in [1.29, 1.82) is 0 Å². The van der Waals surface area contributed by atoms with E-state index in [-0.39, 0.29) is 5.91 Å². The number of rotatable bonds is 6. The van der Waals surface area contributed by atoms with Crippen molar-refractivity contribution in [3.05, 3.63) is 84.2 Å². The highest BCUT2D eigenvalue weighted by atomic mass is 16.2. The van der Waals surface area contributed by atoms with E-state index in [1.165, 1.54) is 0 Å². The Bertz CT molecular complexity index is 821. The van der Waals surface area contributed by atoms with Gasteiger partial charge in [0.15, 0.2) is 0 Å². The maximum atomic E-state index is 12.8. The number of amides is 1. The van der Waals surface area contributed by atoms with Gasteiger partial charge >= 0.3 is 0 Å². The molecule has 0 aliphatic carbocycles. The average Bonchev–Trinajstić information content (AvgIpc) is 2.67. The third-order valence-electron chi connectivity index (χ3n) is 3.79. The molecule has 1 heterocycles. The van der Waals surface area contributed by atoms with Gasteiger partial charge in [0.25, 0.3) is 5.91 Å². The first kappa shape index (κ1) is 16.6. The fourth-order valence-corrected chi connectivity index (χ4v) is 2.48. The summed E-state index contributed by atoms with van der Waals surface area (Å²) in [7, 11) is 0. The van der Waals surface area contributed by atoms with Crippen molar-refractivity contribution in [2.75, 3.05) is 11.9 Å². The fraction of sp³-hybridized carbons (Fsp3) is 0.150. The van der Waals surface area contributed by atoms with Crippen LogP contribution in [-0.4, -0.2) is 27.3 Å². The summed E-state index contributed by atoms with van der Waals surface area (Å²) in [5.41, 5.74) is 2.35. The molecule has 0 saturated heterocycles. The monoisotopic (exact) mass is 332 g/mol. The van der Waals surface area contributed by atoms with Gasteiger partial charge in [-0.25, -0.2) is 9.97 Å². The van der Waals surface area contributed by atoms with Crippen LogP contribution in [0, 0.1) is 0 Å². The van der Waals surface area contributed by atoms with Gasteiger partial charge < -0.3 is 10.2 Å². The minimum Gasteiger partial charge on any atom is -0.333 e. The van der Waals surface area contributed by atoms with Crippen LogP contribution >= 0.6 is 0 Å². The van der Waals surface area contributed by atoms with Crippen molar-refractivity contribution < 1.29 is 4.79 Å². The maximum Gasteiger partial charge on any atom is 0.272 e. The lowest BCUT2D eigenvalue weighted by Crippen LogP contribution is -2.31. The van der Waals surface area contributed by atoms with Crippen molar-refractivity contribution in [1.82, 2.24) is 14.9 Å². The van der Waals surface area contributed by atoms with Gasteiger partial charge in [0.2, 0.25) is 5.95 Å². The summed E-state index contributed by atoms with van der Waals surface area (Å²) >= 11 is 0. The van der Waals surface area contributed by atoms with Gasteiger partial charge in [0, 0.05) is 25.0 Å². The fourth-order valence-electron chi connectivity index (χ4n) is 2.48. The summed E-state index contributed by atoms with van der Waals surface area (Å²) < 4.78 is 0. The lowest BCUT2D eigenvalue weighted by molar-refractivity contribution is 0.0746. The highest BCUT2D eigenvalue weighted by Crippen LogP contribution is 2.13. The molecule has 1 amide bonds. The molecule has 3 aromatic rings. The zero-order chi connectivity index (χ0) is 17.5. The van der Waals surface area contributed by atoms with Crippen LogP contribution in [-0.2, 0) is 6.54 Å². The molecule has 0 atom stereocenters. The quantitative estimate of drug-likeness (QED) is 0.744. The van der Waals surface area contributed by atoms with Gasteiger partial charge in [-0.2, -0.15) is 0 Å². The van der Waals surface area contributed by atoms with E-state index in [4.69, 9.17) is 0 Å². The first-order valence-corrected chi connectivity index (χ1v) is 8.24. The number of nitrogens with one attached hydrogen (secondary N) is 1. The summed E-state index contributed by atoms with van der Waals surface area (Å²) in [6.45, 7) is 3.13. The van der Waals surface area contributed by atoms with E-state index in [0.29, 0.717) is 24.7 Å². The zero-order valence-corrected chi connectivity index (χ0v) is 14.1. The van der Waals surface area contributed by atoms with E-state index < -0.39 is 0 Å². The molecule has 1 N–H and O–H groups in total. The molecule has 5 heteroatoms. The molecular formula is C20H20N4O. The average molecular weight is 332 g/mol. The smallest absolute Gasteiger partial charge is 0.272 e. The van der Waals surface area contributed by atoms with Gasteiger partial charge in [-0.15, -0.1) is 0 Å². The van der Waals surface area contributed by atoms with Gasteiger partial charge in [-0.1, -0.05) is 48.5 Å². The van der Waals surface area contributed by atoms with Crippen LogP contribution in [0.25, 0.3) is 0 Å². The van der Waals surface area contributed by atoms with Crippen LogP contribution in [0.4, 0.5) is 11.6 Å². The second-order valence-corrected chi connectivity index (χ2v) is 5.56. The second kappa shape index (κ2) is 8.06. The molecule has 0 fully saturated rings. The van der Waals surface area contributed by atoms with Crippen LogP contribution in [0.15, 0.2) is 72.9 Å². The van der Waals surface area contributed by atoms with Gasteiger partial charge in [0.1, 0.15) is 5.69 Å². The normalized spacial score (nSPS) is 10.3. The number of carbonyl (C=O) groups is 1. The third-order valence-corrected chi connectivity index (χ3v) is 3.79. The Morgan fingerprint density at radius 2 is 1.68 bits per heavy atom. The number of hydrogen-bond donors (Lipinski definition) is 1. The second-order valence-electron chi connectivity index (χ2n) is 5.56. The predicted octanol–water partition coefficient (Wildman–Crippen LogP) is 3.88. The van der Waals surface area contributed by atoms with E-state index in [0.717, 1.165) is 11.3 Å². The minimum absolute atomic E-state index is 0.107. The largest absolute Gasteiger partial charge is 0.333 e. The Labute approximate surface area is 147 Å². The Morgan fingerprint density at radius 1 is 1.00 bits per heavy atom. The van der Waals surface area contributed by atoms with E-state index in [1.54, 1.807) is 17.2 Å². The van der Waals surface area contributed by atoms with Crippen LogP contribution in [0.2, 0.25) is 0 Å². The van der Waals surface area contributed by atoms with E-state index in [2.05, 4.69) is 15.3 Å². The van der Waals surface area contributed by atoms with E-state index >= 15 is 0 Å². The summed E-state index contributed by atoms with van der Waals surface area (Å²) in [6, 6.07) is 21.2. The van der Waals surface area contributed by atoms with Crippen LogP contribution in [0.1, 0.15) is 23.0 Å². The lowest BCUT2D eigenvalue weighted by Gasteiger charge is -2.20. The molecule has 0 saturated carbocycles. The van der Waals surface area contributed by atoms with E-state index in [1.807, 2.05) is 67.6 Å². The summed E-state index contributed by atoms with van der Waals surface area (Å²) in [4.78, 5) is 23.1. The summed E-state index contributed by atoms with van der Waals surface area (Å²) in [5.74, 6) is 0.303. The molecule has 0 unspecified atom stereocenters. The highest BCUT2D eigenvalue weighted by Gasteiger charge is 2.16. The van der Waals surface area contributed by atoms with Crippen LogP contribution < -0.4 is 5.32 Å². The molecule has 0 spiro atoms. The Hall–Kier alpha value is -3.21. The van der Waals surface area contributed by atoms with Crippen LogP contribution in [0.3, 0.4) is 0 Å². The predicted molar refractivity (Wildman–Crippen MR) is 98.6 cm³/mol. The van der Waals surface area contributed by atoms with Crippen molar-refractivity contribution in [3.63, 3.8) is 0 Å². The number of benzene rings is 2. The Kier molecular flexibility index (Phi) is 5.36. The SMILES string of the molecule is CCN(Cc1ccccc1)C(=O)c1ccnc(Nc2ccccc2)n1. The van der Waals surface area contributed by atoms with Crippen molar-refractivity contribution in [2.45, 2.75) is 13.5 Å². The number of carbonyl (C=O) groups excluding carboxylic acids is 1. The molecular weight excluding hydrogens is 312 g/mol. The maximum absolute atomic E-state index is 12.8. The topological polar surface area (TPSA) is 58.1 Å². The van der Waals surface area contributed by atoms with Gasteiger partial charge in [-0.05, 0) is 30.7 Å². The molecule has 2 aromatic carbocycles. The molecule has 0 aliphatic heterocycles. The summed E-state index contributed by atoms with van der Waals surface area (Å²) in [6.07, 6.45) is 1.60. The Morgan fingerprint density at radius 3 is 2.36 bits per heavy atom. The third kappa shape index (κ3) is 4.41. The van der Waals surface area contributed by atoms with Gasteiger partial charge in [0.05, 0.1) is 0 Å². The molecule has 0 radical (unpaired) electrons. The first-order chi connectivity index (χ1) is 12.3.